The fraction of sp³-hybridized carbons (Fsp3) is 0.545. The fourth-order valence-electron chi connectivity index (χ4n) is 1.58. The monoisotopic (exact) mass is 228 g/mol. The van der Waals surface area contributed by atoms with E-state index in [1.54, 1.807) is 6.92 Å². The van der Waals surface area contributed by atoms with Gasteiger partial charge >= 0.3 is 5.97 Å². The molecule has 4 heteroatoms. The summed E-state index contributed by atoms with van der Waals surface area (Å²) >= 11 is 5.32. The summed E-state index contributed by atoms with van der Waals surface area (Å²) in [7, 11) is 0. The van der Waals surface area contributed by atoms with Crippen molar-refractivity contribution in [3.63, 3.8) is 0 Å². The quantitative estimate of drug-likeness (QED) is 0.440. The molecular weight excluding hydrogens is 216 g/mol. The van der Waals surface area contributed by atoms with Crippen molar-refractivity contribution in [3.05, 3.63) is 11.1 Å². The molecule has 1 rings (SSSR count). The maximum Gasteiger partial charge on any atom is 0.321 e. The number of terminal acetylenes is 1. The Morgan fingerprint density at radius 3 is 3.00 bits per heavy atom. The van der Waals surface area contributed by atoms with Gasteiger partial charge in [0.25, 0.3) is 0 Å². The lowest BCUT2D eigenvalue weighted by atomic mass is 9.89. The van der Waals surface area contributed by atoms with Gasteiger partial charge in [0.2, 0.25) is 0 Å². The minimum absolute atomic E-state index is 0.180. The maximum atomic E-state index is 11.0. The molecule has 0 bridgehead atoms. The Morgan fingerprint density at radius 1 is 1.80 bits per heavy atom. The van der Waals surface area contributed by atoms with E-state index >= 15 is 0 Å². The fourth-order valence-corrected chi connectivity index (χ4v) is 1.64. The van der Waals surface area contributed by atoms with Crippen LogP contribution >= 0.6 is 11.6 Å². The van der Waals surface area contributed by atoms with E-state index in [1.807, 2.05) is 0 Å². The van der Waals surface area contributed by atoms with Crippen LogP contribution in [-0.2, 0) is 9.53 Å². The molecule has 0 saturated heterocycles. The molecule has 0 fully saturated rings. The largest absolute Gasteiger partial charge is 0.461 e. The first-order valence-corrected chi connectivity index (χ1v) is 5.21. The second-order valence-corrected chi connectivity index (χ2v) is 3.77. The minimum Gasteiger partial charge on any atom is -0.461 e. The molecule has 0 aromatic rings. The zero-order valence-electron chi connectivity index (χ0n) is 8.50. The number of esters is 1. The summed E-state index contributed by atoms with van der Waals surface area (Å²) in [6, 6.07) is 0. The number of carbonyl (C=O) groups excluding carboxylic acids is 1. The van der Waals surface area contributed by atoms with Crippen LogP contribution in [0.2, 0.25) is 0 Å². The van der Waals surface area contributed by atoms with Gasteiger partial charge < -0.3 is 9.84 Å². The Bertz CT molecular complexity index is 327. The SMILES string of the molecule is C#CC1=C(C)[C@H](O)C[C@@H](OC(=O)CCl)C1. The van der Waals surface area contributed by atoms with Gasteiger partial charge in [-0.15, -0.1) is 18.0 Å². The highest BCUT2D eigenvalue weighted by atomic mass is 35.5. The Morgan fingerprint density at radius 2 is 2.47 bits per heavy atom. The molecule has 0 unspecified atom stereocenters. The van der Waals surface area contributed by atoms with Gasteiger partial charge in [0.15, 0.2) is 0 Å². The third kappa shape index (κ3) is 2.98. The van der Waals surface area contributed by atoms with Crippen molar-refractivity contribution in [2.75, 3.05) is 5.88 Å². The van der Waals surface area contributed by atoms with Crippen molar-refractivity contribution in [1.29, 1.82) is 0 Å². The van der Waals surface area contributed by atoms with Crippen LogP contribution in [0.25, 0.3) is 0 Å². The van der Waals surface area contributed by atoms with Crippen LogP contribution in [0.4, 0.5) is 0 Å². The molecule has 0 amide bonds. The van der Waals surface area contributed by atoms with Gasteiger partial charge in [0, 0.05) is 18.4 Å². The van der Waals surface area contributed by atoms with Gasteiger partial charge in [0.1, 0.15) is 12.0 Å². The van der Waals surface area contributed by atoms with E-state index in [4.69, 9.17) is 22.8 Å². The Kier molecular flexibility index (Phi) is 4.19. The number of carbonyl (C=O) groups is 1. The molecule has 0 aromatic heterocycles. The molecule has 1 aliphatic carbocycles. The van der Waals surface area contributed by atoms with Crippen molar-refractivity contribution in [1.82, 2.24) is 0 Å². The van der Waals surface area contributed by atoms with E-state index in [1.165, 1.54) is 0 Å². The van der Waals surface area contributed by atoms with Crippen LogP contribution < -0.4 is 0 Å². The lowest BCUT2D eigenvalue weighted by molar-refractivity contribution is -0.147. The molecule has 0 aromatic carbocycles. The summed E-state index contributed by atoms with van der Waals surface area (Å²) in [6.07, 6.45) is 5.19. The van der Waals surface area contributed by atoms with Gasteiger partial charge in [0.05, 0.1) is 6.10 Å². The maximum absolute atomic E-state index is 11.0. The zero-order valence-corrected chi connectivity index (χ0v) is 9.25. The standard InChI is InChI=1S/C11H13ClO3/c1-3-8-4-9(15-11(14)6-12)5-10(13)7(8)2/h1,9-10,13H,4-6H2,2H3/t9-,10+/m0/s1. The van der Waals surface area contributed by atoms with Gasteiger partial charge in [-0.1, -0.05) is 5.92 Å². The average Bonchev–Trinajstić information content (AvgIpc) is 2.22. The van der Waals surface area contributed by atoms with E-state index < -0.39 is 12.1 Å². The normalized spacial score (nSPS) is 26.0. The number of halogens is 1. The molecule has 1 aliphatic rings. The molecule has 0 heterocycles. The summed E-state index contributed by atoms with van der Waals surface area (Å²) in [5, 5.41) is 9.66. The van der Waals surface area contributed by atoms with Crippen LogP contribution in [-0.4, -0.2) is 29.2 Å². The Balaban J connectivity index is 2.69. The van der Waals surface area contributed by atoms with Crippen LogP contribution in [0.15, 0.2) is 11.1 Å². The second kappa shape index (κ2) is 5.20. The van der Waals surface area contributed by atoms with Gasteiger partial charge in [-0.05, 0) is 12.5 Å². The number of alkyl halides is 1. The number of hydrogen-bond donors (Lipinski definition) is 1. The van der Waals surface area contributed by atoms with E-state index in [9.17, 15) is 9.90 Å². The van der Waals surface area contributed by atoms with Gasteiger partial charge in [-0.25, -0.2) is 0 Å². The number of aliphatic hydroxyl groups is 1. The summed E-state index contributed by atoms with van der Waals surface area (Å²) in [4.78, 5) is 11.0. The second-order valence-electron chi connectivity index (χ2n) is 3.51. The molecular formula is C11H13ClO3. The molecule has 3 nitrogen and oxygen atoms in total. The van der Waals surface area contributed by atoms with Gasteiger partial charge in [-0.3, -0.25) is 4.79 Å². The summed E-state index contributed by atoms with van der Waals surface area (Å²) < 4.78 is 5.03. The van der Waals surface area contributed by atoms with E-state index in [2.05, 4.69) is 5.92 Å². The smallest absolute Gasteiger partial charge is 0.321 e. The highest BCUT2D eigenvalue weighted by molar-refractivity contribution is 6.26. The van der Waals surface area contributed by atoms with Crippen molar-refractivity contribution in [3.8, 4) is 12.3 Å². The predicted octanol–water partition coefficient (Wildman–Crippen LogP) is 1.24. The van der Waals surface area contributed by atoms with Crippen molar-refractivity contribution < 1.29 is 14.6 Å². The number of hydrogen-bond acceptors (Lipinski definition) is 3. The van der Waals surface area contributed by atoms with E-state index in [-0.39, 0.29) is 12.0 Å². The molecule has 2 atom stereocenters. The first-order valence-electron chi connectivity index (χ1n) is 4.68. The van der Waals surface area contributed by atoms with Crippen LogP contribution in [0.3, 0.4) is 0 Å². The predicted molar refractivity (Wildman–Crippen MR) is 57.4 cm³/mol. The van der Waals surface area contributed by atoms with Crippen molar-refractivity contribution in [2.24, 2.45) is 0 Å². The molecule has 0 saturated carbocycles. The van der Waals surface area contributed by atoms with Crippen molar-refractivity contribution >= 4 is 17.6 Å². The zero-order chi connectivity index (χ0) is 11.4. The van der Waals surface area contributed by atoms with Crippen molar-refractivity contribution in [2.45, 2.75) is 32.0 Å². The first kappa shape index (κ1) is 12.1. The minimum atomic E-state index is -0.627. The highest BCUT2D eigenvalue weighted by Crippen LogP contribution is 2.26. The van der Waals surface area contributed by atoms with E-state index in [0.717, 1.165) is 5.57 Å². The average molecular weight is 229 g/mol. The topological polar surface area (TPSA) is 46.5 Å². The Labute approximate surface area is 94.1 Å². The Hall–Kier alpha value is -0.980. The molecule has 0 spiro atoms. The molecule has 1 N–H and O–H groups in total. The number of ether oxygens (including phenoxy) is 1. The van der Waals surface area contributed by atoms with E-state index in [0.29, 0.717) is 18.4 Å². The molecule has 0 radical (unpaired) electrons. The molecule has 82 valence electrons. The van der Waals surface area contributed by atoms with Crippen LogP contribution in [0, 0.1) is 12.3 Å². The molecule has 15 heavy (non-hydrogen) atoms. The third-order valence-corrected chi connectivity index (χ3v) is 2.69. The highest BCUT2D eigenvalue weighted by Gasteiger charge is 2.27. The third-order valence-electron chi connectivity index (χ3n) is 2.48. The number of aliphatic hydroxyl groups excluding tert-OH is 1. The van der Waals surface area contributed by atoms with Crippen LogP contribution in [0.1, 0.15) is 19.8 Å². The van der Waals surface area contributed by atoms with Crippen LogP contribution in [0.5, 0.6) is 0 Å². The molecule has 0 aliphatic heterocycles. The lowest BCUT2D eigenvalue weighted by Crippen LogP contribution is -2.30. The number of rotatable bonds is 2. The first-order chi connectivity index (χ1) is 7.08. The lowest BCUT2D eigenvalue weighted by Gasteiger charge is -2.27. The summed E-state index contributed by atoms with van der Waals surface area (Å²) in [5.41, 5.74) is 1.50. The van der Waals surface area contributed by atoms with Gasteiger partial charge in [-0.2, -0.15) is 0 Å². The summed E-state index contributed by atoms with van der Waals surface area (Å²) in [5.74, 6) is 1.84. The summed E-state index contributed by atoms with van der Waals surface area (Å²) in [6.45, 7) is 1.79.